The van der Waals surface area contributed by atoms with E-state index in [1.165, 1.54) is 0 Å². The number of para-hydroxylation sites is 1. The van der Waals surface area contributed by atoms with E-state index < -0.39 is 0 Å². The highest BCUT2D eigenvalue weighted by Gasteiger charge is 2.08. The van der Waals surface area contributed by atoms with Crippen molar-refractivity contribution in [1.82, 2.24) is 19.2 Å². The summed E-state index contributed by atoms with van der Waals surface area (Å²) in [6, 6.07) is 17.7. The summed E-state index contributed by atoms with van der Waals surface area (Å²) < 4.78 is 3.83. The van der Waals surface area contributed by atoms with Crippen LogP contribution >= 0.6 is 11.3 Å². The average molecular weight is 414 g/mol. The van der Waals surface area contributed by atoms with Crippen LogP contribution in [-0.4, -0.2) is 25.1 Å². The molecule has 148 valence electrons. The number of amides is 1. The molecule has 0 bridgehead atoms. The third-order valence-corrected chi connectivity index (χ3v) is 5.63. The number of rotatable bonds is 6. The van der Waals surface area contributed by atoms with Crippen molar-refractivity contribution < 1.29 is 4.79 Å². The van der Waals surface area contributed by atoms with Gasteiger partial charge in [-0.3, -0.25) is 9.20 Å². The van der Waals surface area contributed by atoms with Gasteiger partial charge in [-0.25, -0.2) is 9.67 Å². The molecule has 5 rings (SSSR count). The van der Waals surface area contributed by atoms with Crippen LogP contribution in [0, 0.1) is 0 Å². The first-order valence-corrected chi connectivity index (χ1v) is 10.5. The Morgan fingerprint density at radius 2 is 1.87 bits per heavy atom. The maximum atomic E-state index is 12.3. The van der Waals surface area contributed by atoms with E-state index in [9.17, 15) is 4.79 Å². The minimum absolute atomic E-state index is 0.0160. The van der Waals surface area contributed by atoms with Crippen LogP contribution in [0.4, 0.5) is 5.69 Å². The number of carbonyl (C=O) groups excluding carboxylic acids is 1. The SMILES string of the molecule is O=C(CCc1cnn(-c2ccccc2)c1)Nc1ccc(-c2cn3ccsc3n2)cc1. The normalized spacial score (nSPS) is 11.1. The molecule has 1 amide bonds. The monoisotopic (exact) mass is 413 g/mol. The van der Waals surface area contributed by atoms with E-state index in [1.807, 2.05) is 93.8 Å². The molecule has 0 atom stereocenters. The number of nitrogens with zero attached hydrogens (tertiary/aromatic N) is 4. The van der Waals surface area contributed by atoms with Crippen LogP contribution in [-0.2, 0) is 11.2 Å². The lowest BCUT2D eigenvalue weighted by atomic mass is 10.1. The molecule has 1 N–H and O–H groups in total. The molecule has 0 radical (unpaired) electrons. The molecule has 0 fully saturated rings. The van der Waals surface area contributed by atoms with E-state index in [0.717, 1.165) is 33.2 Å². The van der Waals surface area contributed by atoms with Crippen LogP contribution in [0.2, 0.25) is 0 Å². The summed E-state index contributed by atoms with van der Waals surface area (Å²) in [5.41, 5.74) is 4.77. The zero-order valence-electron chi connectivity index (χ0n) is 16.1. The van der Waals surface area contributed by atoms with Gasteiger partial charge in [0, 0.05) is 41.6 Å². The van der Waals surface area contributed by atoms with Crippen molar-refractivity contribution in [1.29, 1.82) is 0 Å². The maximum Gasteiger partial charge on any atom is 0.224 e. The van der Waals surface area contributed by atoms with E-state index >= 15 is 0 Å². The smallest absolute Gasteiger partial charge is 0.224 e. The molecule has 7 heteroatoms. The van der Waals surface area contributed by atoms with Gasteiger partial charge in [-0.05, 0) is 36.2 Å². The Labute approximate surface area is 177 Å². The van der Waals surface area contributed by atoms with Gasteiger partial charge in [0.05, 0.1) is 17.6 Å². The second-order valence-corrected chi connectivity index (χ2v) is 7.85. The minimum Gasteiger partial charge on any atom is -0.326 e. The van der Waals surface area contributed by atoms with Crippen LogP contribution in [0.1, 0.15) is 12.0 Å². The molecule has 3 aromatic heterocycles. The zero-order valence-corrected chi connectivity index (χ0v) is 16.9. The van der Waals surface area contributed by atoms with Crippen LogP contribution in [0.25, 0.3) is 21.9 Å². The molecule has 0 aliphatic heterocycles. The molecule has 0 saturated carbocycles. The standard InChI is InChI=1S/C23H19N5OS/c29-22(11-6-17-14-24-28(15-17)20-4-2-1-3-5-20)25-19-9-7-18(8-10-19)21-16-27-12-13-30-23(27)26-21/h1-5,7-10,12-16H,6,11H2,(H,25,29). The summed E-state index contributed by atoms with van der Waals surface area (Å²) in [4.78, 5) is 17.9. The molecular formula is C23H19N5OS. The summed E-state index contributed by atoms with van der Waals surface area (Å²) in [6.07, 6.45) is 8.82. The van der Waals surface area contributed by atoms with E-state index in [0.29, 0.717) is 12.8 Å². The highest BCUT2D eigenvalue weighted by Crippen LogP contribution is 2.23. The van der Waals surface area contributed by atoms with Gasteiger partial charge in [0.25, 0.3) is 0 Å². The summed E-state index contributed by atoms with van der Waals surface area (Å²) in [5, 5.41) is 9.35. The Balaban J connectivity index is 1.18. The van der Waals surface area contributed by atoms with E-state index in [-0.39, 0.29) is 5.91 Å². The van der Waals surface area contributed by atoms with Gasteiger partial charge in [-0.1, -0.05) is 30.3 Å². The Morgan fingerprint density at radius 3 is 2.67 bits per heavy atom. The third kappa shape index (κ3) is 3.88. The van der Waals surface area contributed by atoms with E-state index in [4.69, 9.17) is 0 Å². The number of nitrogens with one attached hydrogen (secondary N) is 1. The molecule has 5 aromatic rings. The van der Waals surface area contributed by atoms with Crippen LogP contribution in [0.15, 0.2) is 84.8 Å². The van der Waals surface area contributed by atoms with Crippen molar-refractivity contribution in [2.75, 3.05) is 5.32 Å². The number of aromatic nitrogens is 4. The molecule has 0 spiro atoms. The van der Waals surface area contributed by atoms with Gasteiger partial charge in [0.1, 0.15) is 0 Å². The molecular weight excluding hydrogens is 394 g/mol. The van der Waals surface area contributed by atoms with Crippen molar-refractivity contribution >= 4 is 27.9 Å². The lowest BCUT2D eigenvalue weighted by Gasteiger charge is -2.05. The van der Waals surface area contributed by atoms with Crippen molar-refractivity contribution in [2.45, 2.75) is 12.8 Å². The number of thiazole rings is 1. The van der Waals surface area contributed by atoms with Crippen molar-refractivity contribution in [3.05, 3.63) is 90.3 Å². The van der Waals surface area contributed by atoms with Gasteiger partial charge in [-0.2, -0.15) is 5.10 Å². The Bertz CT molecular complexity index is 1260. The Morgan fingerprint density at radius 1 is 1.03 bits per heavy atom. The van der Waals surface area contributed by atoms with Crippen LogP contribution in [0.5, 0.6) is 0 Å². The molecule has 2 aromatic carbocycles. The molecule has 30 heavy (non-hydrogen) atoms. The summed E-state index contributed by atoms with van der Waals surface area (Å²) in [5.74, 6) is -0.0160. The molecule has 0 aliphatic carbocycles. The second kappa shape index (κ2) is 7.96. The predicted molar refractivity (Wildman–Crippen MR) is 119 cm³/mol. The Kier molecular flexibility index (Phi) is 4.86. The number of aryl methyl sites for hydroxylation is 1. The molecule has 0 unspecified atom stereocenters. The van der Waals surface area contributed by atoms with Crippen molar-refractivity contribution in [3.8, 4) is 16.9 Å². The number of imidazole rings is 1. The summed E-state index contributed by atoms with van der Waals surface area (Å²) >= 11 is 1.61. The van der Waals surface area contributed by atoms with Crippen LogP contribution in [0.3, 0.4) is 0 Å². The molecule has 0 aliphatic rings. The Hall–Kier alpha value is -3.71. The topological polar surface area (TPSA) is 64.2 Å². The van der Waals surface area contributed by atoms with Gasteiger partial charge in [0.2, 0.25) is 5.91 Å². The van der Waals surface area contributed by atoms with Crippen LogP contribution < -0.4 is 5.32 Å². The third-order valence-electron chi connectivity index (χ3n) is 4.86. The number of hydrogen-bond acceptors (Lipinski definition) is 4. The summed E-state index contributed by atoms with van der Waals surface area (Å²) in [6.45, 7) is 0. The number of carbonyl (C=O) groups is 1. The second-order valence-electron chi connectivity index (χ2n) is 6.97. The summed E-state index contributed by atoms with van der Waals surface area (Å²) in [7, 11) is 0. The van der Waals surface area contributed by atoms with E-state index in [2.05, 4.69) is 15.4 Å². The highest BCUT2D eigenvalue weighted by atomic mass is 32.1. The molecule has 6 nitrogen and oxygen atoms in total. The van der Waals surface area contributed by atoms with Gasteiger partial charge < -0.3 is 5.32 Å². The quantitative estimate of drug-likeness (QED) is 0.434. The molecule has 0 saturated heterocycles. The van der Waals surface area contributed by atoms with Gasteiger partial charge in [-0.15, -0.1) is 11.3 Å². The minimum atomic E-state index is -0.0160. The fourth-order valence-electron chi connectivity index (χ4n) is 3.28. The van der Waals surface area contributed by atoms with Gasteiger partial charge in [0.15, 0.2) is 4.96 Å². The highest BCUT2D eigenvalue weighted by molar-refractivity contribution is 7.15. The molecule has 3 heterocycles. The van der Waals surface area contributed by atoms with Gasteiger partial charge >= 0.3 is 0 Å². The predicted octanol–water partition coefficient (Wildman–Crippen LogP) is 4.82. The first-order chi connectivity index (χ1) is 14.7. The van der Waals surface area contributed by atoms with Crippen molar-refractivity contribution in [3.63, 3.8) is 0 Å². The van der Waals surface area contributed by atoms with Crippen molar-refractivity contribution in [2.24, 2.45) is 0 Å². The number of benzene rings is 2. The number of anilines is 1. The number of fused-ring (bicyclic) bond motifs is 1. The first-order valence-electron chi connectivity index (χ1n) is 9.66. The largest absolute Gasteiger partial charge is 0.326 e. The fraction of sp³-hybridized carbons (Fsp3) is 0.0870. The van der Waals surface area contributed by atoms with E-state index in [1.54, 1.807) is 11.3 Å². The fourth-order valence-corrected chi connectivity index (χ4v) is 3.98. The maximum absolute atomic E-state index is 12.3. The lowest BCUT2D eigenvalue weighted by molar-refractivity contribution is -0.116. The lowest BCUT2D eigenvalue weighted by Crippen LogP contribution is -2.12. The zero-order chi connectivity index (χ0) is 20.3. The number of hydrogen-bond donors (Lipinski definition) is 1. The average Bonchev–Trinajstić information content (AvgIpc) is 3.50. The first kappa shape index (κ1) is 18.3.